The Hall–Kier alpha value is -1.27. The molecule has 0 spiro atoms. The van der Waals surface area contributed by atoms with Gasteiger partial charge in [-0.2, -0.15) is 11.8 Å². The van der Waals surface area contributed by atoms with Gasteiger partial charge in [-0.15, -0.1) is 0 Å². The fourth-order valence-electron chi connectivity index (χ4n) is 2.50. The minimum Gasteiger partial charge on any atom is -0.357 e. The van der Waals surface area contributed by atoms with Crippen LogP contribution in [0.15, 0.2) is 18.3 Å². The number of hydrogen-bond acceptors (Lipinski definition) is 5. The third-order valence-electron chi connectivity index (χ3n) is 3.82. The molecule has 122 valence electrons. The predicted molar refractivity (Wildman–Crippen MR) is 93.4 cm³/mol. The Morgan fingerprint density at radius 1 is 1.45 bits per heavy atom. The van der Waals surface area contributed by atoms with Crippen LogP contribution in [0.3, 0.4) is 0 Å². The molecule has 0 radical (unpaired) electrons. The molecule has 0 saturated carbocycles. The zero-order valence-corrected chi connectivity index (χ0v) is 14.3. The van der Waals surface area contributed by atoms with Crippen LogP contribution in [0.5, 0.6) is 0 Å². The maximum Gasteiger partial charge on any atom is 0.221 e. The van der Waals surface area contributed by atoms with Crippen molar-refractivity contribution in [2.75, 3.05) is 36.0 Å². The van der Waals surface area contributed by atoms with Gasteiger partial charge in [-0.3, -0.25) is 4.79 Å². The lowest BCUT2D eigenvalue weighted by molar-refractivity contribution is -0.121. The summed E-state index contributed by atoms with van der Waals surface area (Å²) in [7, 11) is 0. The van der Waals surface area contributed by atoms with Crippen LogP contribution >= 0.6 is 11.8 Å². The Labute approximate surface area is 137 Å². The van der Waals surface area contributed by atoms with Crippen molar-refractivity contribution in [3.8, 4) is 0 Å². The Kier molecular flexibility index (Phi) is 6.99. The first-order valence-electron chi connectivity index (χ1n) is 8.00. The molecule has 1 fully saturated rings. The van der Waals surface area contributed by atoms with Crippen LogP contribution in [-0.4, -0.2) is 48.1 Å². The maximum absolute atomic E-state index is 12.0. The molecule has 1 aliphatic heterocycles. The van der Waals surface area contributed by atoms with E-state index in [0.29, 0.717) is 19.0 Å². The van der Waals surface area contributed by atoms with Gasteiger partial charge in [0.1, 0.15) is 5.82 Å². The highest BCUT2D eigenvalue weighted by molar-refractivity contribution is 7.99. The lowest BCUT2D eigenvalue weighted by Crippen LogP contribution is -2.41. The molecule has 2 rings (SSSR count). The molecule has 0 aromatic carbocycles. The van der Waals surface area contributed by atoms with E-state index < -0.39 is 0 Å². The molecule has 22 heavy (non-hydrogen) atoms. The maximum atomic E-state index is 12.0. The lowest BCUT2D eigenvalue weighted by Gasteiger charge is -2.22. The zero-order valence-electron chi connectivity index (χ0n) is 13.5. The van der Waals surface area contributed by atoms with Gasteiger partial charge in [-0.25, -0.2) is 4.98 Å². The number of pyridine rings is 1. The number of aromatic nitrogens is 1. The number of carbonyl (C=O) groups excluding carboxylic acids is 1. The SMILES string of the molecule is CCN(CC)c1ccc(CNC(=O)CC2CSCCN2)cn1. The Bertz CT molecular complexity index is 456. The van der Waals surface area contributed by atoms with E-state index >= 15 is 0 Å². The first-order valence-corrected chi connectivity index (χ1v) is 9.16. The fraction of sp³-hybridized carbons (Fsp3) is 0.625. The number of nitrogens with zero attached hydrogens (tertiary/aromatic N) is 2. The average Bonchev–Trinajstić information content (AvgIpc) is 2.56. The van der Waals surface area contributed by atoms with Gasteiger partial charge in [-0.05, 0) is 25.5 Å². The van der Waals surface area contributed by atoms with E-state index in [0.717, 1.165) is 42.5 Å². The van der Waals surface area contributed by atoms with Crippen LogP contribution in [0.2, 0.25) is 0 Å². The largest absolute Gasteiger partial charge is 0.357 e. The van der Waals surface area contributed by atoms with E-state index in [1.807, 2.05) is 30.1 Å². The van der Waals surface area contributed by atoms with Gasteiger partial charge >= 0.3 is 0 Å². The summed E-state index contributed by atoms with van der Waals surface area (Å²) in [5.41, 5.74) is 1.04. The average molecular weight is 322 g/mol. The van der Waals surface area contributed by atoms with Crippen LogP contribution in [-0.2, 0) is 11.3 Å². The molecule has 1 aromatic rings. The molecule has 0 aliphatic carbocycles. The second kappa shape index (κ2) is 9.00. The Morgan fingerprint density at radius 3 is 2.86 bits per heavy atom. The second-order valence-corrected chi connectivity index (χ2v) is 6.55. The standard InChI is InChI=1S/C16H26N4OS/c1-3-20(4-2)15-6-5-13(10-18-15)11-19-16(21)9-14-12-22-8-7-17-14/h5-6,10,14,17H,3-4,7-9,11-12H2,1-2H3,(H,19,21). The van der Waals surface area contributed by atoms with Gasteiger partial charge < -0.3 is 15.5 Å². The zero-order chi connectivity index (χ0) is 15.8. The van der Waals surface area contributed by atoms with Crippen LogP contribution in [0.25, 0.3) is 0 Å². The van der Waals surface area contributed by atoms with E-state index in [1.54, 1.807) is 0 Å². The topological polar surface area (TPSA) is 57.3 Å². The molecule has 6 heteroatoms. The Balaban J connectivity index is 1.77. The Morgan fingerprint density at radius 2 is 2.27 bits per heavy atom. The number of amides is 1. The second-order valence-electron chi connectivity index (χ2n) is 5.40. The molecular weight excluding hydrogens is 296 g/mol. The number of carbonyl (C=O) groups is 1. The molecule has 2 N–H and O–H groups in total. The van der Waals surface area contributed by atoms with Crippen LogP contribution in [0, 0.1) is 0 Å². The molecule has 1 aromatic heterocycles. The van der Waals surface area contributed by atoms with Crippen LogP contribution in [0.1, 0.15) is 25.8 Å². The number of thioether (sulfide) groups is 1. The van der Waals surface area contributed by atoms with E-state index in [1.165, 1.54) is 0 Å². The normalized spacial score (nSPS) is 18.0. The van der Waals surface area contributed by atoms with Crippen molar-refractivity contribution in [3.63, 3.8) is 0 Å². The van der Waals surface area contributed by atoms with E-state index in [9.17, 15) is 4.79 Å². The molecule has 1 amide bonds. The van der Waals surface area contributed by atoms with Crippen LogP contribution < -0.4 is 15.5 Å². The number of hydrogen-bond donors (Lipinski definition) is 2. The molecule has 1 atom stereocenters. The lowest BCUT2D eigenvalue weighted by atomic mass is 10.2. The van der Waals surface area contributed by atoms with Crippen molar-refractivity contribution in [1.29, 1.82) is 0 Å². The quantitative estimate of drug-likeness (QED) is 0.799. The fourth-order valence-corrected chi connectivity index (χ4v) is 3.45. The minimum atomic E-state index is 0.104. The molecule has 2 heterocycles. The highest BCUT2D eigenvalue weighted by Crippen LogP contribution is 2.12. The van der Waals surface area contributed by atoms with Crippen molar-refractivity contribution < 1.29 is 4.79 Å². The summed E-state index contributed by atoms with van der Waals surface area (Å²) < 4.78 is 0. The van der Waals surface area contributed by atoms with Gasteiger partial charge in [0.2, 0.25) is 5.91 Å². The van der Waals surface area contributed by atoms with Gasteiger partial charge in [0.15, 0.2) is 0 Å². The first-order chi connectivity index (χ1) is 10.7. The summed E-state index contributed by atoms with van der Waals surface area (Å²) in [5.74, 6) is 3.26. The number of rotatable bonds is 7. The van der Waals surface area contributed by atoms with Gasteiger partial charge in [0.05, 0.1) is 0 Å². The summed E-state index contributed by atoms with van der Waals surface area (Å²) in [6.07, 6.45) is 2.40. The first kappa shape index (κ1) is 17.1. The summed E-state index contributed by atoms with van der Waals surface area (Å²) in [4.78, 5) is 18.6. The van der Waals surface area contributed by atoms with E-state index in [4.69, 9.17) is 0 Å². The molecule has 1 aliphatic rings. The number of nitrogens with one attached hydrogen (secondary N) is 2. The summed E-state index contributed by atoms with van der Waals surface area (Å²) in [5, 5.41) is 6.36. The van der Waals surface area contributed by atoms with Crippen molar-refractivity contribution in [1.82, 2.24) is 15.6 Å². The summed E-state index contributed by atoms with van der Waals surface area (Å²) in [6, 6.07) is 4.37. The van der Waals surface area contributed by atoms with Gasteiger partial charge in [-0.1, -0.05) is 6.07 Å². The van der Waals surface area contributed by atoms with Gasteiger partial charge in [0, 0.05) is 56.3 Å². The van der Waals surface area contributed by atoms with Gasteiger partial charge in [0.25, 0.3) is 0 Å². The number of anilines is 1. The van der Waals surface area contributed by atoms with Crippen molar-refractivity contribution in [3.05, 3.63) is 23.9 Å². The smallest absolute Gasteiger partial charge is 0.221 e. The summed E-state index contributed by atoms with van der Waals surface area (Å²) in [6.45, 7) is 7.69. The molecule has 5 nitrogen and oxygen atoms in total. The molecular formula is C16H26N4OS. The summed E-state index contributed by atoms with van der Waals surface area (Å²) >= 11 is 1.91. The van der Waals surface area contributed by atoms with Crippen molar-refractivity contribution >= 4 is 23.5 Å². The minimum absolute atomic E-state index is 0.104. The highest BCUT2D eigenvalue weighted by Gasteiger charge is 2.16. The third-order valence-corrected chi connectivity index (χ3v) is 4.95. The molecule has 1 saturated heterocycles. The van der Waals surface area contributed by atoms with Crippen molar-refractivity contribution in [2.45, 2.75) is 32.9 Å². The van der Waals surface area contributed by atoms with Crippen molar-refractivity contribution in [2.24, 2.45) is 0 Å². The monoisotopic (exact) mass is 322 g/mol. The van der Waals surface area contributed by atoms with E-state index in [-0.39, 0.29) is 5.91 Å². The molecule has 0 bridgehead atoms. The molecule has 1 unspecified atom stereocenters. The van der Waals surface area contributed by atoms with Crippen LogP contribution in [0.4, 0.5) is 5.82 Å². The predicted octanol–water partition coefficient (Wildman–Crippen LogP) is 1.64. The van der Waals surface area contributed by atoms with E-state index in [2.05, 4.69) is 34.4 Å². The highest BCUT2D eigenvalue weighted by atomic mass is 32.2. The third kappa shape index (κ3) is 5.18.